The molecule has 0 fully saturated rings. The summed E-state index contributed by atoms with van der Waals surface area (Å²) >= 11 is 0.0501. The Bertz CT molecular complexity index is 1010. The van der Waals surface area contributed by atoms with Crippen LogP contribution < -0.4 is 4.46 Å². The van der Waals surface area contributed by atoms with Gasteiger partial charge in [0, 0.05) is 0 Å². The number of esters is 1. The van der Waals surface area contributed by atoms with Crippen LogP contribution in [0.4, 0.5) is 5.69 Å². The zero-order chi connectivity index (χ0) is 20.5. The monoisotopic (exact) mass is 449 g/mol. The molecule has 0 radical (unpaired) electrons. The zero-order valence-electron chi connectivity index (χ0n) is 16.5. The second-order valence-electron chi connectivity index (χ2n) is 6.34. The van der Waals surface area contributed by atoms with Crippen LogP contribution in [0.3, 0.4) is 0 Å². The van der Waals surface area contributed by atoms with Crippen molar-refractivity contribution in [3.8, 4) is 0 Å². The van der Waals surface area contributed by atoms with E-state index in [2.05, 4.69) is 55.5 Å². The molecule has 0 unspecified atom stereocenters. The predicted molar refractivity (Wildman–Crippen MR) is 121 cm³/mol. The van der Waals surface area contributed by atoms with Gasteiger partial charge in [-0.15, -0.1) is 0 Å². The van der Waals surface area contributed by atoms with Crippen molar-refractivity contribution in [1.82, 2.24) is 0 Å². The first-order chi connectivity index (χ1) is 14.2. The van der Waals surface area contributed by atoms with Gasteiger partial charge in [0.1, 0.15) is 0 Å². The van der Waals surface area contributed by atoms with Crippen molar-refractivity contribution in [2.24, 2.45) is 4.99 Å². The Labute approximate surface area is 178 Å². The van der Waals surface area contributed by atoms with Crippen molar-refractivity contribution in [2.45, 2.75) is 13.8 Å². The number of benzene rings is 3. The van der Waals surface area contributed by atoms with Gasteiger partial charge in [-0.05, 0) is 0 Å². The van der Waals surface area contributed by atoms with Crippen LogP contribution >= 0.6 is 0 Å². The number of carbonyl (C=O) groups excluding carboxylic acids is 1. The molecule has 29 heavy (non-hydrogen) atoms. The van der Waals surface area contributed by atoms with Gasteiger partial charge in [0.25, 0.3) is 0 Å². The average Bonchev–Trinajstić information content (AvgIpc) is 2.74. The molecule has 0 saturated carbocycles. The third-order valence-corrected chi connectivity index (χ3v) is 6.26. The molecule has 0 heterocycles. The Balaban J connectivity index is 1.99. The number of nitrogens with zero attached hydrogens (tertiary/aromatic N) is 1. The fourth-order valence-electron chi connectivity index (χ4n) is 2.63. The van der Waals surface area contributed by atoms with E-state index in [9.17, 15) is 4.79 Å². The van der Waals surface area contributed by atoms with Crippen molar-refractivity contribution in [3.63, 3.8) is 0 Å². The summed E-state index contributed by atoms with van der Waals surface area (Å²) < 4.78 is 7.29. The first-order valence-electron chi connectivity index (χ1n) is 9.48. The fourth-order valence-corrected chi connectivity index (χ4v) is 4.55. The number of ether oxygens (including phenoxy) is 1. The molecule has 3 rings (SSSR count). The van der Waals surface area contributed by atoms with Crippen LogP contribution in [0.1, 0.15) is 23.6 Å². The van der Waals surface area contributed by atoms with E-state index in [0.29, 0.717) is 6.61 Å². The molecule has 0 atom stereocenters. The van der Waals surface area contributed by atoms with E-state index in [1.54, 1.807) is 13.0 Å². The Morgan fingerprint density at radius 3 is 2.38 bits per heavy atom. The predicted octanol–water partition coefficient (Wildman–Crippen LogP) is 4.68. The average molecular weight is 448 g/mol. The van der Waals surface area contributed by atoms with Crippen LogP contribution in [0, 0.1) is 6.92 Å². The van der Waals surface area contributed by atoms with Gasteiger partial charge in [0.05, 0.1) is 0 Å². The Morgan fingerprint density at radius 2 is 1.66 bits per heavy atom. The second kappa shape index (κ2) is 10.6. The van der Waals surface area contributed by atoms with E-state index < -0.39 is 0 Å². The van der Waals surface area contributed by atoms with Crippen molar-refractivity contribution in [2.75, 3.05) is 6.61 Å². The molecule has 0 N–H and O–H groups in total. The van der Waals surface area contributed by atoms with Crippen LogP contribution in [-0.4, -0.2) is 32.1 Å². The van der Waals surface area contributed by atoms with Crippen molar-refractivity contribution in [3.05, 3.63) is 102 Å². The molecule has 4 heteroatoms. The summed E-state index contributed by atoms with van der Waals surface area (Å²) in [6.07, 6.45) is 3.21. The molecule has 0 saturated heterocycles. The third-order valence-electron chi connectivity index (χ3n) is 4.10. The van der Waals surface area contributed by atoms with Crippen molar-refractivity contribution < 1.29 is 9.53 Å². The number of aryl methyl sites for hydroxylation is 1. The molecule has 0 aliphatic heterocycles. The topological polar surface area (TPSA) is 38.7 Å². The number of hydrogen-bond acceptors (Lipinski definition) is 3. The summed E-state index contributed by atoms with van der Waals surface area (Å²) in [6.45, 7) is 4.24. The van der Waals surface area contributed by atoms with Crippen molar-refractivity contribution >= 4 is 41.8 Å². The van der Waals surface area contributed by atoms with Gasteiger partial charge in [-0.2, -0.15) is 0 Å². The second-order valence-corrected chi connectivity index (χ2v) is 8.57. The van der Waals surface area contributed by atoms with E-state index in [0.717, 1.165) is 21.4 Å². The van der Waals surface area contributed by atoms with Gasteiger partial charge in [-0.1, -0.05) is 0 Å². The normalized spacial score (nSPS) is 11.6. The number of hydrogen-bond donors (Lipinski definition) is 0. The molecule has 0 aromatic heterocycles. The number of aliphatic imine (C=N–C) groups is 1. The first-order valence-corrected chi connectivity index (χ1v) is 11.2. The quantitative estimate of drug-likeness (QED) is 0.228. The van der Waals surface area contributed by atoms with Gasteiger partial charge in [0.15, 0.2) is 0 Å². The van der Waals surface area contributed by atoms with Crippen LogP contribution in [0.15, 0.2) is 89.9 Å². The summed E-state index contributed by atoms with van der Waals surface area (Å²) in [5, 5.41) is 0. The van der Waals surface area contributed by atoms with Crippen molar-refractivity contribution in [1.29, 1.82) is 0 Å². The van der Waals surface area contributed by atoms with Crippen LogP contribution in [0.25, 0.3) is 6.08 Å². The van der Waals surface area contributed by atoms with E-state index in [4.69, 9.17) is 9.73 Å². The molecular weight excluding hydrogens is 425 g/mol. The molecule has 0 aliphatic rings. The van der Waals surface area contributed by atoms with E-state index in [1.165, 1.54) is 16.1 Å². The Kier molecular flexibility index (Phi) is 7.57. The van der Waals surface area contributed by atoms with Gasteiger partial charge >= 0.3 is 178 Å². The molecule has 0 spiro atoms. The minimum atomic E-state index is -0.349. The van der Waals surface area contributed by atoms with Gasteiger partial charge in [-0.3, -0.25) is 0 Å². The Morgan fingerprint density at radius 1 is 0.966 bits per heavy atom. The van der Waals surface area contributed by atoms with Gasteiger partial charge < -0.3 is 0 Å². The summed E-state index contributed by atoms with van der Waals surface area (Å²) in [6, 6.07) is 26.7. The molecule has 146 valence electrons. The molecule has 3 nitrogen and oxygen atoms in total. The Hall–Kier alpha value is -2.94. The summed E-state index contributed by atoms with van der Waals surface area (Å²) in [4.78, 5) is 16.7. The standard InChI is InChI=1S/C25H23NO2Se/c1-3-28-24(27)18-17-20-9-7-8-12-23(20)26-25(21-15-13-19(2)14-16-21)29-22-10-5-4-6-11-22/h4-18H,3H2,1-2H3/b18-17+,26-25?. The maximum absolute atomic E-state index is 11.7. The van der Waals surface area contributed by atoms with Crippen LogP contribution in [-0.2, 0) is 9.53 Å². The number of carbonyl (C=O) groups is 1. The van der Waals surface area contributed by atoms with Gasteiger partial charge in [0.2, 0.25) is 0 Å². The summed E-state index contributed by atoms with van der Waals surface area (Å²) in [7, 11) is 0. The van der Waals surface area contributed by atoms with E-state index in [1.807, 2.05) is 30.3 Å². The molecule has 0 aliphatic carbocycles. The third kappa shape index (κ3) is 6.28. The van der Waals surface area contributed by atoms with Crippen LogP contribution in [0.5, 0.6) is 0 Å². The first kappa shape index (κ1) is 20.8. The SMILES string of the molecule is CCOC(=O)/C=C/c1ccccc1N=C([Se]c1ccccc1)c1ccc(C)cc1. The fraction of sp³-hybridized carbons (Fsp3) is 0.120. The summed E-state index contributed by atoms with van der Waals surface area (Å²) in [5.41, 5.74) is 4.05. The number of rotatable bonds is 7. The molecule has 0 bridgehead atoms. The van der Waals surface area contributed by atoms with Gasteiger partial charge in [-0.25, -0.2) is 0 Å². The minimum absolute atomic E-state index is 0.0501. The number of para-hydroxylation sites is 1. The molecule has 3 aromatic rings. The van der Waals surface area contributed by atoms with E-state index >= 15 is 0 Å². The molecule has 3 aromatic carbocycles. The summed E-state index contributed by atoms with van der Waals surface area (Å²) in [5.74, 6) is -0.349. The maximum atomic E-state index is 11.7. The molecular formula is C25H23NO2Se. The zero-order valence-corrected chi connectivity index (χ0v) is 18.3. The molecule has 0 amide bonds. The van der Waals surface area contributed by atoms with Crippen LogP contribution in [0.2, 0.25) is 0 Å². The van der Waals surface area contributed by atoms with E-state index in [-0.39, 0.29) is 20.9 Å².